The molecule has 2 nitrogen and oxygen atoms in total. The van der Waals surface area contributed by atoms with Crippen molar-refractivity contribution in [1.82, 2.24) is 5.32 Å². The van der Waals surface area contributed by atoms with Gasteiger partial charge < -0.3 is 5.32 Å². The Bertz CT molecular complexity index is 461. The van der Waals surface area contributed by atoms with Crippen molar-refractivity contribution in [2.24, 2.45) is 5.92 Å². The number of carbonyl (C=O) groups is 1. The molecular weight excluding hydrogens is 248 g/mol. The van der Waals surface area contributed by atoms with Crippen LogP contribution in [0.4, 0.5) is 8.78 Å². The van der Waals surface area contributed by atoms with Crippen molar-refractivity contribution in [2.75, 3.05) is 0 Å². The van der Waals surface area contributed by atoms with Crippen LogP contribution in [0.2, 0.25) is 0 Å². The first-order valence-electron chi connectivity index (χ1n) is 6.83. The Kier molecular flexibility index (Phi) is 4.51. The van der Waals surface area contributed by atoms with Crippen LogP contribution in [0.15, 0.2) is 18.2 Å². The first-order valence-corrected chi connectivity index (χ1v) is 6.83. The van der Waals surface area contributed by atoms with Gasteiger partial charge in [-0.25, -0.2) is 8.78 Å². The molecule has 1 fully saturated rings. The standard InChI is InChI=1S/C15H19F2NO/c1-10-4-2-5-11(9-8-10)18-15(19)12-6-3-7-13(16)14(12)17/h3,6-7,10-11H,2,4-5,8-9H2,1H3,(H,18,19). The lowest BCUT2D eigenvalue weighted by atomic mass is 10.0. The minimum atomic E-state index is -1.07. The minimum absolute atomic E-state index is 0.0696. The summed E-state index contributed by atoms with van der Waals surface area (Å²) >= 11 is 0. The summed E-state index contributed by atoms with van der Waals surface area (Å²) in [6, 6.07) is 3.75. The van der Waals surface area contributed by atoms with Gasteiger partial charge in [0.25, 0.3) is 5.91 Å². The Labute approximate surface area is 112 Å². The molecule has 1 aliphatic rings. The second-order valence-corrected chi connectivity index (χ2v) is 5.39. The van der Waals surface area contributed by atoms with Gasteiger partial charge in [-0.15, -0.1) is 0 Å². The summed E-state index contributed by atoms with van der Waals surface area (Å²) in [5.74, 6) is -1.89. The van der Waals surface area contributed by atoms with Gasteiger partial charge in [-0.1, -0.05) is 25.8 Å². The van der Waals surface area contributed by atoms with E-state index in [4.69, 9.17) is 0 Å². The summed E-state index contributed by atoms with van der Waals surface area (Å²) in [7, 11) is 0. The Morgan fingerprint density at radius 2 is 2.00 bits per heavy atom. The number of hydrogen-bond donors (Lipinski definition) is 1. The number of amides is 1. The molecule has 1 saturated carbocycles. The quantitative estimate of drug-likeness (QED) is 0.814. The molecule has 0 bridgehead atoms. The van der Waals surface area contributed by atoms with Crippen LogP contribution in [0.1, 0.15) is 49.4 Å². The van der Waals surface area contributed by atoms with E-state index < -0.39 is 17.5 Å². The summed E-state index contributed by atoms with van der Waals surface area (Å²) in [5.41, 5.74) is -0.211. The summed E-state index contributed by atoms with van der Waals surface area (Å²) in [4.78, 5) is 12.0. The van der Waals surface area contributed by atoms with Crippen LogP contribution in [-0.2, 0) is 0 Å². The summed E-state index contributed by atoms with van der Waals surface area (Å²) < 4.78 is 26.6. The van der Waals surface area contributed by atoms with E-state index in [1.54, 1.807) is 0 Å². The lowest BCUT2D eigenvalue weighted by Crippen LogP contribution is -2.35. The number of carbonyl (C=O) groups excluding carboxylic acids is 1. The minimum Gasteiger partial charge on any atom is -0.349 e. The van der Waals surface area contributed by atoms with Gasteiger partial charge in [0.05, 0.1) is 5.56 Å². The highest BCUT2D eigenvalue weighted by molar-refractivity contribution is 5.94. The maximum atomic E-state index is 13.5. The van der Waals surface area contributed by atoms with Crippen LogP contribution in [0.25, 0.3) is 0 Å². The molecule has 0 radical (unpaired) electrons. The maximum absolute atomic E-state index is 13.5. The van der Waals surface area contributed by atoms with E-state index in [1.165, 1.54) is 18.6 Å². The fraction of sp³-hybridized carbons (Fsp3) is 0.533. The van der Waals surface area contributed by atoms with Crippen LogP contribution >= 0.6 is 0 Å². The van der Waals surface area contributed by atoms with Crippen LogP contribution < -0.4 is 5.32 Å². The van der Waals surface area contributed by atoms with E-state index >= 15 is 0 Å². The van der Waals surface area contributed by atoms with Gasteiger partial charge in [0.15, 0.2) is 11.6 Å². The smallest absolute Gasteiger partial charge is 0.254 e. The van der Waals surface area contributed by atoms with E-state index in [9.17, 15) is 13.6 Å². The molecule has 2 unspecified atom stereocenters. The largest absolute Gasteiger partial charge is 0.349 e. The Morgan fingerprint density at radius 1 is 1.21 bits per heavy atom. The van der Waals surface area contributed by atoms with Crippen molar-refractivity contribution < 1.29 is 13.6 Å². The van der Waals surface area contributed by atoms with Crippen molar-refractivity contribution in [3.05, 3.63) is 35.4 Å². The van der Waals surface area contributed by atoms with Gasteiger partial charge in [-0.05, 0) is 37.3 Å². The first-order chi connectivity index (χ1) is 9.08. The zero-order chi connectivity index (χ0) is 13.8. The molecule has 4 heteroatoms. The summed E-state index contributed by atoms with van der Waals surface area (Å²) in [5, 5.41) is 2.82. The molecule has 104 valence electrons. The van der Waals surface area contributed by atoms with Crippen molar-refractivity contribution in [2.45, 2.75) is 45.1 Å². The monoisotopic (exact) mass is 267 g/mol. The van der Waals surface area contributed by atoms with Crippen molar-refractivity contribution in [3.8, 4) is 0 Å². The van der Waals surface area contributed by atoms with E-state index in [0.29, 0.717) is 5.92 Å². The van der Waals surface area contributed by atoms with Gasteiger partial charge in [-0.3, -0.25) is 4.79 Å². The third kappa shape index (κ3) is 3.52. The third-order valence-corrected chi connectivity index (χ3v) is 3.79. The van der Waals surface area contributed by atoms with Crippen LogP contribution in [0.3, 0.4) is 0 Å². The molecule has 19 heavy (non-hydrogen) atoms. The molecular formula is C15H19F2NO. The number of halogens is 2. The number of nitrogens with one attached hydrogen (secondary N) is 1. The highest BCUT2D eigenvalue weighted by atomic mass is 19.2. The Balaban J connectivity index is 2.02. The fourth-order valence-corrected chi connectivity index (χ4v) is 2.57. The van der Waals surface area contributed by atoms with Crippen molar-refractivity contribution in [1.29, 1.82) is 0 Å². The molecule has 1 aliphatic carbocycles. The maximum Gasteiger partial charge on any atom is 0.254 e. The van der Waals surface area contributed by atoms with Crippen molar-refractivity contribution in [3.63, 3.8) is 0 Å². The molecule has 0 aromatic heterocycles. The van der Waals surface area contributed by atoms with E-state index in [0.717, 1.165) is 31.7 Å². The topological polar surface area (TPSA) is 29.1 Å². The van der Waals surface area contributed by atoms with Gasteiger partial charge in [0, 0.05) is 6.04 Å². The zero-order valence-corrected chi connectivity index (χ0v) is 11.1. The Morgan fingerprint density at radius 3 is 2.79 bits per heavy atom. The fourth-order valence-electron chi connectivity index (χ4n) is 2.57. The Hall–Kier alpha value is -1.45. The van der Waals surface area contributed by atoms with E-state index in [-0.39, 0.29) is 11.6 Å². The molecule has 1 amide bonds. The second kappa shape index (κ2) is 6.13. The molecule has 2 rings (SSSR count). The summed E-state index contributed by atoms with van der Waals surface area (Å²) in [6.07, 6.45) is 5.12. The van der Waals surface area contributed by atoms with Crippen molar-refractivity contribution >= 4 is 5.91 Å². The molecule has 0 saturated heterocycles. The normalized spacial score (nSPS) is 23.7. The second-order valence-electron chi connectivity index (χ2n) is 5.39. The van der Waals surface area contributed by atoms with E-state index in [1.807, 2.05) is 0 Å². The predicted molar refractivity (Wildman–Crippen MR) is 69.9 cm³/mol. The van der Waals surface area contributed by atoms with Crippen LogP contribution in [0.5, 0.6) is 0 Å². The highest BCUT2D eigenvalue weighted by Crippen LogP contribution is 2.23. The highest BCUT2D eigenvalue weighted by Gasteiger charge is 2.21. The summed E-state index contributed by atoms with van der Waals surface area (Å²) in [6.45, 7) is 2.20. The van der Waals surface area contributed by atoms with Gasteiger partial charge in [-0.2, -0.15) is 0 Å². The molecule has 1 aromatic rings. The molecule has 0 aliphatic heterocycles. The zero-order valence-electron chi connectivity index (χ0n) is 11.1. The molecule has 0 heterocycles. The third-order valence-electron chi connectivity index (χ3n) is 3.79. The first kappa shape index (κ1) is 14.0. The van der Waals surface area contributed by atoms with Gasteiger partial charge in [0.2, 0.25) is 0 Å². The average molecular weight is 267 g/mol. The number of hydrogen-bond acceptors (Lipinski definition) is 1. The van der Waals surface area contributed by atoms with E-state index in [2.05, 4.69) is 12.2 Å². The predicted octanol–water partition coefficient (Wildman–Crippen LogP) is 3.66. The molecule has 2 atom stereocenters. The van der Waals surface area contributed by atoms with Gasteiger partial charge >= 0.3 is 0 Å². The SMILES string of the molecule is CC1CCCC(NC(=O)c2cccc(F)c2F)CC1. The molecule has 1 N–H and O–H groups in total. The van der Waals surface area contributed by atoms with Gasteiger partial charge in [0.1, 0.15) is 0 Å². The molecule has 1 aromatic carbocycles. The lowest BCUT2D eigenvalue weighted by molar-refractivity contribution is 0.0928. The average Bonchev–Trinajstić information content (AvgIpc) is 2.58. The molecule has 0 spiro atoms. The van der Waals surface area contributed by atoms with Crippen LogP contribution in [-0.4, -0.2) is 11.9 Å². The lowest BCUT2D eigenvalue weighted by Gasteiger charge is -2.16. The number of rotatable bonds is 2. The number of benzene rings is 1. The van der Waals surface area contributed by atoms with Crippen LogP contribution in [0, 0.1) is 17.6 Å².